The van der Waals surface area contributed by atoms with Crippen molar-refractivity contribution in [2.75, 3.05) is 6.61 Å². The molecule has 1 aliphatic rings. The van der Waals surface area contributed by atoms with Gasteiger partial charge in [0.2, 0.25) is 6.29 Å². The van der Waals surface area contributed by atoms with Crippen LogP contribution in [0, 0.1) is 18.3 Å². The Morgan fingerprint density at radius 2 is 1.85 bits per heavy atom. The van der Waals surface area contributed by atoms with Gasteiger partial charge in [-0.2, -0.15) is 5.26 Å². The number of hydrogen-bond donors (Lipinski definition) is 3. The quantitative estimate of drug-likeness (QED) is 0.685. The van der Waals surface area contributed by atoms with Gasteiger partial charge in [0.1, 0.15) is 24.1 Å². The van der Waals surface area contributed by atoms with E-state index < -0.39 is 24.6 Å². The number of rotatable bonds is 4. The molecule has 3 rings (SSSR count). The van der Waals surface area contributed by atoms with Crippen LogP contribution in [0.15, 0.2) is 42.5 Å². The van der Waals surface area contributed by atoms with Crippen LogP contribution in [0.1, 0.15) is 27.0 Å². The van der Waals surface area contributed by atoms with E-state index >= 15 is 0 Å². The highest BCUT2D eigenvalue weighted by atomic mass is 16.7. The summed E-state index contributed by atoms with van der Waals surface area (Å²) in [6.07, 6.45) is -5.05. The number of nitrogens with zero attached hydrogens (tertiary/aromatic N) is 1. The predicted molar refractivity (Wildman–Crippen MR) is 94.2 cm³/mol. The van der Waals surface area contributed by atoms with Crippen molar-refractivity contribution >= 4 is 5.78 Å². The smallest absolute Gasteiger partial charge is 0.228 e. The van der Waals surface area contributed by atoms with Gasteiger partial charge < -0.3 is 24.8 Å². The molecule has 4 atom stereocenters. The number of nitriles is 1. The van der Waals surface area contributed by atoms with Crippen molar-refractivity contribution < 1.29 is 29.6 Å². The second kappa shape index (κ2) is 7.86. The molecule has 0 radical (unpaired) electrons. The molecule has 0 aliphatic carbocycles. The number of carbonyl (C=O) groups excluding carboxylic acids is 1. The highest BCUT2D eigenvalue weighted by Gasteiger charge is 2.39. The second-order valence-corrected chi connectivity index (χ2v) is 6.36. The summed E-state index contributed by atoms with van der Waals surface area (Å²) in [6, 6.07) is 13.2. The number of aliphatic hydroxyl groups excluding tert-OH is 3. The zero-order valence-corrected chi connectivity index (χ0v) is 14.6. The Hall–Kier alpha value is -2.76. The molecule has 7 heteroatoms. The predicted octanol–water partition coefficient (Wildman–Crippen LogP) is 0.916. The van der Waals surface area contributed by atoms with E-state index in [1.807, 2.05) is 6.07 Å². The average Bonchev–Trinajstić information content (AvgIpc) is 2.68. The highest BCUT2D eigenvalue weighted by molar-refractivity contribution is 6.10. The SMILES string of the molecule is Cc1cc(O[C@@H]2OC[C@@H](O)[C@@H](O)[C@H]2O)ccc1C(=O)c1ccc(C#N)cc1. The molecule has 1 fully saturated rings. The van der Waals surface area contributed by atoms with Gasteiger partial charge >= 0.3 is 0 Å². The number of ketones is 1. The summed E-state index contributed by atoms with van der Waals surface area (Å²) in [5.74, 6) is 0.174. The maximum Gasteiger partial charge on any atom is 0.228 e. The van der Waals surface area contributed by atoms with E-state index in [9.17, 15) is 20.1 Å². The molecule has 2 aromatic rings. The van der Waals surface area contributed by atoms with Crippen molar-refractivity contribution in [3.8, 4) is 11.8 Å². The molecule has 27 heavy (non-hydrogen) atoms. The van der Waals surface area contributed by atoms with Crippen LogP contribution in [0.25, 0.3) is 0 Å². The summed E-state index contributed by atoms with van der Waals surface area (Å²) in [5.41, 5.74) is 2.08. The fourth-order valence-corrected chi connectivity index (χ4v) is 2.83. The van der Waals surface area contributed by atoms with Gasteiger partial charge in [0.15, 0.2) is 5.78 Å². The lowest BCUT2D eigenvalue weighted by Crippen LogP contribution is -2.54. The molecule has 0 unspecified atom stereocenters. The lowest BCUT2D eigenvalue weighted by Gasteiger charge is -2.35. The minimum absolute atomic E-state index is 0.156. The van der Waals surface area contributed by atoms with Crippen LogP contribution in [0.3, 0.4) is 0 Å². The maximum absolute atomic E-state index is 12.6. The standard InChI is InChI=1S/C20H19NO6/c1-11-8-14(27-20-19(25)18(24)16(22)10-26-20)6-7-15(11)17(23)13-4-2-12(9-21)3-5-13/h2-8,16,18-20,22,24-25H,10H2,1H3/t16-,18-,19-,20+/m1/s1. The Labute approximate surface area is 156 Å². The molecule has 1 aliphatic heterocycles. The van der Waals surface area contributed by atoms with Crippen molar-refractivity contribution in [2.45, 2.75) is 31.5 Å². The van der Waals surface area contributed by atoms with Crippen LogP contribution in [0.4, 0.5) is 0 Å². The molecule has 2 aromatic carbocycles. The number of ether oxygens (including phenoxy) is 2. The van der Waals surface area contributed by atoms with Gasteiger partial charge in [0.05, 0.1) is 18.2 Å². The zero-order chi connectivity index (χ0) is 19.6. The third kappa shape index (κ3) is 3.99. The minimum Gasteiger partial charge on any atom is -0.462 e. The molecule has 1 saturated heterocycles. The van der Waals surface area contributed by atoms with E-state index in [1.54, 1.807) is 49.4 Å². The van der Waals surface area contributed by atoms with E-state index in [0.29, 0.717) is 28.0 Å². The van der Waals surface area contributed by atoms with Crippen molar-refractivity contribution in [1.29, 1.82) is 5.26 Å². The molecule has 7 nitrogen and oxygen atoms in total. The lowest BCUT2D eigenvalue weighted by atomic mass is 9.98. The number of aryl methyl sites for hydroxylation is 1. The summed E-state index contributed by atoms with van der Waals surface area (Å²) in [7, 11) is 0. The largest absolute Gasteiger partial charge is 0.462 e. The number of carbonyl (C=O) groups is 1. The molecule has 3 N–H and O–H groups in total. The molecular formula is C20H19NO6. The van der Waals surface area contributed by atoms with Gasteiger partial charge in [-0.1, -0.05) is 0 Å². The van der Waals surface area contributed by atoms with Crippen molar-refractivity contribution in [2.24, 2.45) is 0 Å². The third-order valence-corrected chi connectivity index (χ3v) is 4.43. The molecular weight excluding hydrogens is 350 g/mol. The molecule has 1 heterocycles. The molecule has 140 valence electrons. The highest BCUT2D eigenvalue weighted by Crippen LogP contribution is 2.24. The summed E-state index contributed by atoms with van der Waals surface area (Å²) < 4.78 is 10.8. The summed E-state index contributed by atoms with van der Waals surface area (Å²) in [5, 5.41) is 37.9. The summed E-state index contributed by atoms with van der Waals surface area (Å²) in [6.45, 7) is 1.59. The first-order valence-electron chi connectivity index (χ1n) is 8.38. The number of benzene rings is 2. The zero-order valence-electron chi connectivity index (χ0n) is 14.6. The van der Waals surface area contributed by atoms with Crippen LogP contribution in [-0.2, 0) is 4.74 Å². The van der Waals surface area contributed by atoms with Gasteiger partial charge in [0, 0.05) is 11.1 Å². The van der Waals surface area contributed by atoms with Crippen LogP contribution in [0.5, 0.6) is 5.75 Å². The van der Waals surface area contributed by atoms with Crippen LogP contribution in [0.2, 0.25) is 0 Å². The third-order valence-electron chi connectivity index (χ3n) is 4.43. The summed E-state index contributed by atoms with van der Waals surface area (Å²) >= 11 is 0. The first-order chi connectivity index (χ1) is 12.9. The molecule has 0 spiro atoms. The second-order valence-electron chi connectivity index (χ2n) is 6.36. The topological polar surface area (TPSA) is 120 Å². The van der Waals surface area contributed by atoms with E-state index in [4.69, 9.17) is 14.7 Å². The fourth-order valence-electron chi connectivity index (χ4n) is 2.83. The Kier molecular flexibility index (Phi) is 5.54. The molecule has 0 aromatic heterocycles. The van der Waals surface area contributed by atoms with E-state index in [2.05, 4.69) is 0 Å². The van der Waals surface area contributed by atoms with Gasteiger partial charge in [-0.3, -0.25) is 4.79 Å². The monoisotopic (exact) mass is 369 g/mol. The van der Waals surface area contributed by atoms with Crippen LogP contribution >= 0.6 is 0 Å². The van der Waals surface area contributed by atoms with Crippen molar-refractivity contribution in [1.82, 2.24) is 0 Å². The summed E-state index contributed by atoms with van der Waals surface area (Å²) in [4.78, 5) is 12.6. The molecule has 0 amide bonds. The average molecular weight is 369 g/mol. The Morgan fingerprint density at radius 1 is 1.15 bits per heavy atom. The molecule has 0 saturated carbocycles. The maximum atomic E-state index is 12.6. The number of aliphatic hydroxyl groups is 3. The first kappa shape index (κ1) is 19.0. The van der Waals surface area contributed by atoms with Gasteiger partial charge in [-0.25, -0.2) is 0 Å². The van der Waals surface area contributed by atoms with Gasteiger partial charge in [0.25, 0.3) is 0 Å². The lowest BCUT2D eigenvalue weighted by molar-refractivity contribution is -0.242. The van der Waals surface area contributed by atoms with Crippen LogP contribution < -0.4 is 4.74 Å². The first-order valence-corrected chi connectivity index (χ1v) is 8.38. The normalized spacial score (nSPS) is 24.9. The van der Waals surface area contributed by atoms with E-state index in [1.165, 1.54) is 0 Å². The van der Waals surface area contributed by atoms with E-state index in [0.717, 1.165) is 0 Å². The minimum atomic E-state index is -1.39. The van der Waals surface area contributed by atoms with Gasteiger partial charge in [-0.15, -0.1) is 0 Å². The Balaban J connectivity index is 1.75. The molecule has 0 bridgehead atoms. The Bertz CT molecular complexity index is 873. The fraction of sp³-hybridized carbons (Fsp3) is 0.300. The van der Waals surface area contributed by atoms with Gasteiger partial charge in [-0.05, 0) is 55.0 Å². The van der Waals surface area contributed by atoms with E-state index in [-0.39, 0.29) is 12.4 Å². The number of hydrogen-bond acceptors (Lipinski definition) is 7. The Morgan fingerprint density at radius 3 is 2.48 bits per heavy atom. The van der Waals surface area contributed by atoms with Crippen molar-refractivity contribution in [3.05, 3.63) is 64.7 Å². The van der Waals surface area contributed by atoms with Crippen LogP contribution in [-0.4, -0.2) is 52.3 Å². The van der Waals surface area contributed by atoms with Crippen molar-refractivity contribution in [3.63, 3.8) is 0 Å².